The molecule has 4 nitrogen and oxygen atoms in total. The van der Waals surface area contributed by atoms with Crippen LogP contribution in [0.3, 0.4) is 0 Å². The van der Waals surface area contributed by atoms with Gasteiger partial charge in [-0.25, -0.2) is 8.42 Å². The SMILES string of the molecule is O=S1(=O)C2CCC1CC(O)(c1cccc(OC(F)(F)C(F)F)c1)C2. The van der Waals surface area contributed by atoms with E-state index in [0.717, 1.165) is 12.1 Å². The molecule has 1 N–H and O–H groups in total. The quantitative estimate of drug-likeness (QED) is 0.830. The molecule has 1 aromatic rings. The second-order valence-electron chi connectivity index (χ2n) is 6.34. The normalized spacial score (nSPS) is 32.1. The molecule has 2 bridgehead atoms. The van der Waals surface area contributed by atoms with Gasteiger partial charge in [0, 0.05) is 0 Å². The Kier molecular flexibility index (Phi) is 4.07. The molecular weight excluding hydrogens is 352 g/mol. The van der Waals surface area contributed by atoms with Crippen LogP contribution < -0.4 is 4.74 Å². The maximum absolute atomic E-state index is 13.0. The van der Waals surface area contributed by atoms with Crippen LogP contribution in [0.1, 0.15) is 31.2 Å². The Morgan fingerprint density at radius 1 is 1.21 bits per heavy atom. The van der Waals surface area contributed by atoms with Gasteiger partial charge in [-0.1, -0.05) is 12.1 Å². The Morgan fingerprint density at radius 3 is 2.33 bits per heavy atom. The van der Waals surface area contributed by atoms with E-state index >= 15 is 0 Å². The van der Waals surface area contributed by atoms with Crippen molar-refractivity contribution in [2.75, 3.05) is 0 Å². The molecule has 0 aliphatic carbocycles. The third-order valence-electron chi connectivity index (χ3n) is 4.75. The lowest BCUT2D eigenvalue weighted by molar-refractivity contribution is -0.253. The van der Waals surface area contributed by atoms with Gasteiger partial charge in [-0.2, -0.15) is 17.6 Å². The van der Waals surface area contributed by atoms with Gasteiger partial charge < -0.3 is 9.84 Å². The molecule has 1 aromatic carbocycles. The molecule has 0 amide bonds. The average Bonchev–Trinajstić information content (AvgIpc) is 2.66. The zero-order chi connectivity index (χ0) is 17.8. The minimum atomic E-state index is -4.64. The monoisotopic (exact) mass is 368 g/mol. The number of hydrogen-bond donors (Lipinski definition) is 1. The highest BCUT2D eigenvalue weighted by atomic mass is 32.2. The summed E-state index contributed by atoms with van der Waals surface area (Å²) in [5, 5.41) is 9.49. The fourth-order valence-corrected chi connectivity index (χ4v) is 6.02. The maximum atomic E-state index is 13.0. The number of ether oxygens (including phenoxy) is 1. The zero-order valence-corrected chi connectivity index (χ0v) is 13.3. The topological polar surface area (TPSA) is 63.6 Å². The minimum absolute atomic E-state index is 0.0411. The molecular formula is C15H16F4O4S. The fourth-order valence-electron chi connectivity index (χ4n) is 3.53. The Balaban J connectivity index is 1.87. The lowest BCUT2D eigenvalue weighted by atomic mass is 9.86. The summed E-state index contributed by atoms with van der Waals surface area (Å²) in [5.74, 6) is -0.507. The third-order valence-corrected chi connectivity index (χ3v) is 7.41. The van der Waals surface area contributed by atoms with Crippen LogP contribution in [0.15, 0.2) is 24.3 Å². The van der Waals surface area contributed by atoms with Crippen molar-refractivity contribution in [3.8, 4) is 5.75 Å². The first-order valence-corrected chi connectivity index (χ1v) is 9.06. The number of aliphatic hydroxyl groups is 1. The molecule has 2 aliphatic rings. The minimum Gasteiger partial charge on any atom is -0.428 e. The summed E-state index contributed by atoms with van der Waals surface area (Å²) in [7, 11) is -3.27. The number of fused-ring (bicyclic) bond motifs is 2. The first-order chi connectivity index (χ1) is 11.0. The van der Waals surface area contributed by atoms with Gasteiger partial charge in [0.25, 0.3) is 0 Å². The highest BCUT2D eigenvalue weighted by Gasteiger charge is 2.53. The second-order valence-corrected chi connectivity index (χ2v) is 8.85. The van der Waals surface area contributed by atoms with Gasteiger partial charge in [0.1, 0.15) is 5.75 Å². The van der Waals surface area contributed by atoms with E-state index in [1.54, 1.807) is 0 Å². The van der Waals surface area contributed by atoms with Crippen LogP contribution in [0.4, 0.5) is 17.6 Å². The summed E-state index contributed by atoms with van der Waals surface area (Å²) >= 11 is 0. The molecule has 0 spiro atoms. The standard InChI is InChI=1S/C15H16F4O4S/c16-13(17)15(18,19)23-10-3-1-2-9(6-10)14(20)7-11-4-5-12(8-14)24(11,21)22/h1-3,6,11-13,20H,4-5,7-8H2. The van der Waals surface area contributed by atoms with Crippen LogP contribution in [0.5, 0.6) is 5.75 Å². The van der Waals surface area contributed by atoms with Crippen LogP contribution in [0.2, 0.25) is 0 Å². The van der Waals surface area contributed by atoms with E-state index in [-0.39, 0.29) is 18.4 Å². The number of alkyl halides is 4. The molecule has 2 aliphatic heterocycles. The molecule has 2 fully saturated rings. The molecule has 9 heteroatoms. The Hall–Kier alpha value is -1.35. The number of benzene rings is 1. The summed E-state index contributed by atoms with van der Waals surface area (Å²) in [6.07, 6.45) is -7.80. The van der Waals surface area contributed by atoms with Crippen LogP contribution >= 0.6 is 0 Å². The van der Waals surface area contributed by atoms with E-state index in [0.29, 0.717) is 12.8 Å². The highest BCUT2D eigenvalue weighted by molar-refractivity contribution is 7.93. The van der Waals surface area contributed by atoms with Crippen molar-refractivity contribution in [3.63, 3.8) is 0 Å². The molecule has 0 saturated carbocycles. The van der Waals surface area contributed by atoms with E-state index < -0.39 is 44.2 Å². The van der Waals surface area contributed by atoms with Crippen LogP contribution in [-0.4, -0.2) is 36.6 Å². The van der Waals surface area contributed by atoms with E-state index in [4.69, 9.17) is 0 Å². The lowest BCUT2D eigenvalue weighted by Gasteiger charge is -2.36. The van der Waals surface area contributed by atoms with Gasteiger partial charge in [-0.15, -0.1) is 0 Å². The van der Waals surface area contributed by atoms with Gasteiger partial charge in [-0.05, 0) is 43.4 Å². The summed E-state index contributed by atoms with van der Waals surface area (Å²) in [5.41, 5.74) is -1.31. The summed E-state index contributed by atoms with van der Waals surface area (Å²) in [6, 6.07) is 4.89. The van der Waals surface area contributed by atoms with Gasteiger partial charge in [0.05, 0.1) is 16.1 Å². The van der Waals surface area contributed by atoms with Gasteiger partial charge in [-0.3, -0.25) is 0 Å². The third kappa shape index (κ3) is 2.88. The van der Waals surface area contributed by atoms with E-state index in [1.165, 1.54) is 12.1 Å². The average molecular weight is 368 g/mol. The Labute approximate surface area is 136 Å². The molecule has 24 heavy (non-hydrogen) atoms. The largest absolute Gasteiger partial charge is 0.461 e. The molecule has 0 aromatic heterocycles. The lowest BCUT2D eigenvalue weighted by Crippen LogP contribution is -2.43. The van der Waals surface area contributed by atoms with Gasteiger partial charge in [0.2, 0.25) is 0 Å². The van der Waals surface area contributed by atoms with E-state index in [9.17, 15) is 31.1 Å². The fraction of sp³-hybridized carbons (Fsp3) is 0.600. The molecule has 3 rings (SSSR count). The molecule has 134 valence electrons. The molecule has 2 atom stereocenters. The van der Waals surface area contributed by atoms with Gasteiger partial charge in [0.15, 0.2) is 9.84 Å². The maximum Gasteiger partial charge on any atom is 0.461 e. The number of sulfone groups is 1. The smallest absolute Gasteiger partial charge is 0.428 e. The molecule has 2 unspecified atom stereocenters. The summed E-state index contributed by atoms with van der Waals surface area (Å²) < 4.78 is 78.8. The van der Waals surface area contributed by atoms with Crippen molar-refractivity contribution < 1.29 is 35.8 Å². The summed E-state index contributed by atoms with van der Waals surface area (Å²) in [4.78, 5) is 0. The van der Waals surface area contributed by atoms with E-state index in [1.807, 2.05) is 0 Å². The molecule has 2 heterocycles. The predicted molar refractivity (Wildman–Crippen MR) is 76.9 cm³/mol. The second kappa shape index (κ2) is 5.59. The Bertz CT molecular complexity index is 715. The molecule has 2 saturated heterocycles. The Morgan fingerprint density at radius 2 is 1.79 bits per heavy atom. The van der Waals surface area contributed by atoms with Crippen LogP contribution in [0.25, 0.3) is 0 Å². The van der Waals surface area contributed by atoms with Crippen LogP contribution in [-0.2, 0) is 15.4 Å². The van der Waals surface area contributed by atoms with Crippen molar-refractivity contribution in [1.82, 2.24) is 0 Å². The zero-order valence-electron chi connectivity index (χ0n) is 12.5. The summed E-state index contributed by atoms with van der Waals surface area (Å²) in [6.45, 7) is 0. The number of halogens is 4. The van der Waals surface area contributed by atoms with Gasteiger partial charge >= 0.3 is 12.5 Å². The first-order valence-electron chi connectivity index (χ1n) is 7.45. The molecule has 0 radical (unpaired) electrons. The van der Waals surface area contributed by atoms with Crippen molar-refractivity contribution >= 4 is 9.84 Å². The van der Waals surface area contributed by atoms with Crippen molar-refractivity contribution in [3.05, 3.63) is 29.8 Å². The number of hydrogen-bond acceptors (Lipinski definition) is 4. The number of rotatable bonds is 4. The van der Waals surface area contributed by atoms with Crippen molar-refractivity contribution in [1.29, 1.82) is 0 Å². The van der Waals surface area contributed by atoms with Crippen molar-refractivity contribution in [2.24, 2.45) is 0 Å². The highest BCUT2D eigenvalue weighted by Crippen LogP contribution is 2.48. The van der Waals surface area contributed by atoms with Crippen LogP contribution in [0, 0.1) is 0 Å². The predicted octanol–water partition coefficient (Wildman–Crippen LogP) is 2.85. The first kappa shape index (κ1) is 17.5. The van der Waals surface area contributed by atoms with E-state index in [2.05, 4.69) is 4.74 Å². The van der Waals surface area contributed by atoms with Crippen molar-refractivity contribution in [2.45, 2.75) is 54.3 Å².